The molecule has 3 heteroatoms. The van der Waals surface area contributed by atoms with Gasteiger partial charge in [0.25, 0.3) is 0 Å². The molecular weight excluding hydrogens is 152 g/mol. The molecule has 0 aromatic rings. The Balaban J connectivity index is 2.34. The number of nitrogens with one attached hydrogen (secondary N) is 1. The third kappa shape index (κ3) is 2.48. The maximum absolute atomic E-state index is 11.4. The zero-order chi connectivity index (χ0) is 9.35. The predicted octanol–water partition coefficient (Wildman–Crippen LogP) is 0.638. The van der Waals surface area contributed by atoms with Gasteiger partial charge in [-0.3, -0.25) is 4.79 Å². The van der Waals surface area contributed by atoms with Crippen LogP contribution in [0.2, 0.25) is 0 Å². The van der Waals surface area contributed by atoms with Crippen LogP contribution in [0.15, 0.2) is 0 Å². The third-order valence-electron chi connectivity index (χ3n) is 2.27. The number of carbonyl (C=O) groups is 1. The van der Waals surface area contributed by atoms with E-state index in [0.29, 0.717) is 12.0 Å². The van der Waals surface area contributed by atoms with E-state index in [4.69, 9.17) is 5.73 Å². The highest BCUT2D eigenvalue weighted by Crippen LogP contribution is 2.32. The summed E-state index contributed by atoms with van der Waals surface area (Å²) in [4.78, 5) is 11.4. The van der Waals surface area contributed by atoms with E-state index in [1.807, 2.05) is 6.92 Å². The van der Waals surface area contributed by atoms with Crippen LogP contribution in [0.1, 0.15) is 33.6 Å². The summed E-state index contributed by atoms with van der Waals surface area (Å²) in [7, 11) is 0. The molecule has 1 saturated carbocycles. The molecule has 0 spiro atoms. The quantitative estimate of drug-likeness (QED) is 0.653. The van der Waals surface area contributed by atoms with Crippen LogP contribution in [-0.4, -0.2) is 17.5 Å². The Morgan fingerprint density at radius 3 is 2.42 bits per heavy atom. The van der Waals surface area contributed by atoms with Crippen LogP contribution in [0, 0.1) is 5.92 Å². The van der Waals surface area contributed by atoms with Gasteiger partial charge in [0.2, 0.25) is 5.91 Å². The lowest BCUT2D eigenvalue weighted by atomic mass is 10.1. The number of amides is 1. The lowest BCUT2D eigenvalue weighted by molar-refractivity contribution is -0.125. The standard InChI is InChI=1S/C9H18N2O/c1-6(7-4-5-7)11-8(12)9(2,3)10/h6-7H,4-5,10H2,1-3H3,(H,11,12). The molecule has 1 amide bonds. The second-order valence-electron chi connectivity index (χ2n) is 4.32. The maximum Gasteiger partial charge on any atom is 0.239 e. The Hall–Kier alpha value is -0.570. The molecule has 0 aromatic carbocycles. The number of hydrogen-bond acceptors (Lipinski definition) is 2. The van der Waals surface area contributed by atoms with Crippen LogP contribution in [0.3, 0.4) is 0 Å². The molecule has 1 aliphatic carbocycles. The monoisotopic (exact) mass is 170 g/mol. The van der Waals surface area contributed by atoms with Crippen molar-refractivity contribution in [2.45, 2.75) is 45.2 Å². The van der Waals surface area contributed by atoms with Gasteiger partial charge in [0, 0.05) is 6.04 Å². The smallest absolute Gasteiger partial charge is 0.239 e. The van der Waals surface area contributed by atoms with Gasteiger partial charge in [-0.25, -0.2) is 0 Å². The van der Waals surface area contributed by atoms with Crippen molar-refractivity contribution in [2.24, 2.45) is 11.7 Å². The molecule has 1 unspecified atom stereocenters. The Morgan fingerprint density at radius 2 is 2.08 bits per heavy atom. The van der Waals surface area contributed by atoms with Crippen LogP contribution in [0.25, 0.3) is 0 Å². The second kappa shape index (κ2) is 3.05. The highest BCUT2D eigenvalue weighted by Gasteiger charge is 2.31. The molecule has 1 aliphatic rings. The molecule has 1 fully saturated rings. The summed E-state index contributed by atoms with van der Waals surface area (Å²) >= 11 is 0. The van der Waals surface area contributed by atoms with Crippen molar-refractivity contribution in [3.63, 3.8) is 0 Å². The van der Waals surface area contributed by atoms with Gasteiger partial charge in [0.05, 0.1) is 5.54 Å². The Labute approximate surface area is 73.7 Å². The molecule has 0 aromatic heterocycles. The predicted molar refractivity (Wildman–Crippen MR) is 48.6 cm³/mol. The summed E-state index contributed by atoms with van der Waals surface area (Å²) in [5, 5.41) is 2.92. The summed E-state index contributed by atoms with van der Waals surface area (Å²) in [5.41, 5.74) is 4.89. The number of rotatable bonds is 3. The molecule has 1 rings (SSSR count). The van der Waals surface area contributed by atoms with Crippen molar-refractivity contribution in [1.29, 1.82) is 0 Å². The normalized spacial score (nSPS) is 20.3. The van der Waals surface area contributed by atoms with Crippen molar-refractivity contribution in [2.75, 3.05) is 0 Å². The first-order chi connectivity index (χ1) is 5.41. The van der Waals surface area contributed by atoms with Crippen molar-refractivity contribution in [3.05, 3.63) is 0 Å². The number of hydrogen-bond donors (Lipinski definition) is 2. The van der Waals surface area contributed by atoms with E-state index >= 15 is 0 Å². The molecule has 12 heavy (non-hydrogen) atoms. The molecule has 1 atom stereocenters. The summed E-state index contributed by atoms with van der Waals surface area (Å²) < 4.78 is 0. The SMILES string of the molecule is CC(NC(=O)C(C)(C)N)C1CC1. The van der Waals surface area contributed by atoms with Crippen LogP contribution in [0.4, 0.5) is 0 Å². The topological polar surface area (TPSA) is 55.1 Å². The largest absolute Gasteiger partial charge is 0.352 e. The van der Waals surface area contributed by atoms with Crippen LogP contribution in [-0.2, 0) is 4.79 Å². The van der Waals surface area contributed by atoms with Crippen molar-refractivity contribution in [3.8, 4) is 0 Å². The average molecular weight is 170 g/mol. The van der Waals surface area contributed by atoms with E-state index in [2.05, 4.69) is 5.32 Å². The zero-order valence-electron chi connectivity index (χ0n) is 8.05. The lowest BCUT2D eigenvalue weighted by Gasteiger charge is -2.21. The van der Waals surface area contributed by atoms with E-state index in [1.165, 1.54) is 12.8 Å². The number of nitrogens with two attached hydrogens (primary N) is 1. The van der Waals surface area contributed by atoms with Gasteiger partial charge in [0.15, 0.2) is 0 Å². The highest BCUT2D eigenvalue weighted by molar-refractivity contribution is 5.85. The zero-order valence-corrected chi connectivity index (χ0v) is 8.05. The summed E-state index contributed by atoms with van der Waals surface area (Å²) in [6.45, 7) is 5.49. The van der Waals surface area contributed by atoms with E-state index in [1.54, 1.807) is 13.8 Å². The first-order valence-electron chi connectivity index (χ1n) is 4.51. The Bertz CT molecular complexity index is 179. The third-order valence-corrected chi connectivity index (χ3v) is 2.27. The molecule has 0 aliphatic heterocycles. The summed E-state index contributed by atoms with van der Waals surface area (Å²) in [5.74, 6) is 0.637. The minimum atomic E-state index is -0.747. The second-order valence-corrected chi connectivity index (χ2v) is 4.32. The van der Waals surface area contributed by atoms with Gasteiger partial charge < -0.3 is 11.1 Å². The minimum Gasteiger partial charge on any atom is -0.352 e. The average Bonchev–Trinajstić information content (AvgIpc) is 2.65. The fourth-order valence-corrected chi connectivity index (χ4v) is 1.11. The van der Waals surface area contributed by atoms with Crippen molar-refractivity contribution >= 4 is 5.91 Å². The van der Waals surface area contributed by atoms with Gasteiger partial charge in [-0.2, -0.15) is 0 Å². The first-order valence-corrected chi connectivity index (χ1v) is 4.51. The molecule has 70 valence electrons. The molecular formula is C9H18N2O. The van der Waals surface area contributed by atoms with Crippen molar-refractivity contribution < 1.29 is 4.79 Å². The molecule has 0 bridgehead atoms. The molecule has 0 radical (unpaired) electrons. The van der Waals surface area contributed by atoms with Gasteiger partial charge in [-0.15, -0.1) is 0 Å². The van der Waals surface area contributed by atoms with Crippen LogP contribution >= 0.6 is 0 Å². The maximum atomic E-state index is 11.4. The Morgan fingerprint density at radius 1 is 1.58 bits per heavy atom. The van der Waals surface area contributed by atoms with Crippen LogP contribution < -0.4 is 11.1 Å². The van der Waals surface area contributed by atoms with E-state index in [-0.39, 0.29) is 5.91 Å². The minimum absolute atomic E-state index is 0.0538. The van der Waals surface area contributed by atoms with Crippen molar-refractivity contribution in [1.82, 2.24) is 5.32 Å². The van der Waals surface area contributed by atoms with E-state index in [9.17, 15) is 4.79 Å². The molecule has 0 heterocycles. The van der Waals surface area contributed by atoms with Crippen LogP contribution in [0.5, 0.6) is 0 Å². The summed E-state index contributed by atoms with van der Waals surface area (Å²) in [6, 6.07) is 0.292. The van der Waals surface area contributed by atoms with Gasteiger partial charge in [0.1, 0.15) is 0 Å². The van der Waals surface area contributed by atoms with Gasteiger partial charge in [-0.05, 0) is 39.5 Å². The first kappa shape index (κ1) is 9.52. The van der Waals surface area contributed by atoms with E-state index in [0.717, 1.165) is 0 Å². The van der Waals surface area contributed by atoms with Gasteiger partial charge in [-0.1, -0.05) is 0 Å². The van der Waals surface area contributed by atoms with Gasteiger partial charge >= 0.3 is 0 Å². The lowest BCUT2D eigenvalue weighted by Crippen LogP contribution is -2.51. The fourth-order valence-electron chi connectivity index (χ4n) is 1.11. The molecule has 0 saturated heterocycles. The highest BCUT2D eigenvalue weighted by atomic mass is 16.2. The van der Waals surface area contributed by atoms with E-state index < -0.39 is 5.54 Å². The number of carbonyl (C=O) groups excluding carboxylic acids is 1. The molecule has 3 N–H and O–H groups in total. The Kier molecular flexibility index (Phi) is 2.42. The fraction of sp³-hybridized carbons (Fsp3) is 0.889. The summed E-state index contributed by atoms with van der Waals surface area (Å²) in [6.07, 6.45) is 2.49. The molecule has 3 nitrogen and oxygen atoms in total.